The van der Waals surface area contributed by atoms with E-state index < -0.39 is 5.60 Å². The second kappa shape index (κ2) is 13.6. The number of amides is 1. The highest BCUT2D eigenvalue weighted by molar-refractivity contribution is 14.0. The van der Waals surface area contributed by atoms with Crippen molar-refractivity contribution in [2.45, 2.75) is 65.4 Å². The van der Waals surface area contributed by atoms with Crippen molar-refractivity contribution in [3.8, 4) is 0 Å². The molecule has 1 heterocycles. The Bertz CT molecular complexity index is 527. The third-order valence-electron chi connectivity index (χ3n) is 5.44. The van der Waals surface area contributed by atoms with Crippen LogP contribution in [0.25, 0.3) is 0 Å². The molecule has 1 aliphatic carbocycles. The van der Waals surface area contributed by atoms with Crippen LogP contribution >= 0.6 is 24.0 Å². The summed E-state index contributed by atoms with van der Waals surface area (Å²) in [4.78, 5) is 21.0. The number of hydrogen-bond donors (Lipinski definition) is 1. The molecule has 0 atom stereocenters. The quantitative estimate of drug-likeness (QED) is 0.208. The van der Waals surface area contributed by atoms with Crippen molar-refractivity contribution in [3.05, 3.63) is 0 Å². The predicted octanol–water partition coefficient (Wildman–Crippen LogP) is 3.97. The minimum atomic E-state index is -0.449. The molecule has 30 heavy (non-hydrogen) atoms. The van der Waals surface area contributed by atoms with Gasteiger partial charge >= 0.3 is 6.09 Å². The van der Waals surface area contributed by atoms with E-state index in [4.69, 9.17) is 9.47 Å². The largest absolute Gasteiger partial charge is 0.444 e. The molecule has 0 spiro atoms. The number of carbonyl (C=O) groups is 1. The van der Waals surface area contributed by atoms with Crippen LogP contribution in [0.3, 0.4) is 0 Å². The summed E-state index contributed by atoms with van der Waals surface area (Å²) in [7, 11) is 1.85. The smallest absolute Gasteiger partial charge is 0.410 e. The Balaban J connectivity index is 0.00000450. The highest BCUT2D eigenvalue weighted by Gasteiger charge is 2.27. The average Bonchev–Trinajstić information content (AvgIpc) is 3.49. The number of likely N-dealkylation sites (tertiary alicyclic amines) is 1. The van der Waals surface area contributed by atoms with Gasteiger partial charge < -0.3 is 24.6 Å². The van der Waals surface area contributed by atoms with Crippen molar-refractivity contribution >= 4 is 36.0 Å². The Labute approximate surface area is 200 Å². The van der Waals surface area contributed by atoms with Crippen LogP contribution in [0.4, 0.5) is 4.79 Å². The zero-order chi connectivity index (χ0) is 21.3. The van der Waals surface area contributed by atoms with Gasteiger partial charge in [0.15, 0.2) is 5.96 Å². The Morgan fingerprint density at radius 1 is 1.17 bits per heavy atom. The molecule has 0 aromatic carbocycles. The summed E-state index contributed by atoms with van der Waals surface area (Å²) >= 11 is 0. The maximum absolute atomic E-state index is 12.4. The van der Waals surface area contributed by atoms with Gasteiger partial charge in [-0.25, -0.2) is 4.79 Å². The SMILES string of the molecule is CCN(CC1CCN(C(=NC)NCCCOCC2CC2)CC1)C(=O)OC(C)(C)C.I. The number of guanidine groups is 1. The Morgan fingerprint density at radius 2 is 1.83 bits per heavy atom. The molecule has 7 nitrogen and oxygen atoms in total. The molecule has 1 saturated heterocycles. The van der Waals surface area contributed by atoms with Crippen LogP contribution < -0.4 is 5.32 Å². The lowest BCUT2D eigenvalue weighted by Gasteiger charge is -2.36. The minimum absolute atomic E-state index is 0. The summed E-state index contributed by atoms with van der Waals surface area (Å²) in [6, 6.07) is 0. The van der Waals surface area contributed by atoms with E-state index >= 15 is 0 Å². The van der Waals surface area contributed by atoms with Crippen molar-refractivity contribution in [1.82, 2.24) is 15.1 Å². The maximum Gasteiger partial charge on any atom is 0.410 e. The number of nitrogens with one attached hydrogen (secondary N) is 1. The Morgan fingerprint density at radius 3 is 2.37 bits per heavy atom. The molecule has 1 amide bonds. The van der Waals surface area contributed by atoms with Crippen LogP contribution in [-0.4, -0.2) is 80.4 Å². The molecule has 1 aliphatic heterocycles. The molecule has 1 N–H and O–H groups in total. The monoisotopic (exact) mass is 538 g/mol. The minimum Gasteiger partial charge on any atom is -0.444 e. The van der Waals surface area contributed by atoms with Crippen LogP contribution in [0.5, 0.6) is 0 Å². The van der Waals surface area contributed by atoms with Gasteiger partial charge in [0, 0.05) is 53.0 Å². The lowest BCUT2D eigenvalue weighted by Crippen LogP contribution is -2.48. The molecule has 1 saturated carbocycles. The highest BCUT2D eigenvalue weighted by atomic mass is 127. The zero-order valence-corrected chi connectivity index (χ0v) is 21.9. The Hall–Kier alpha value is -0.770. The van der Waals surface area contributed by atoms with E-state index in [1.807, 2.05) is 39.6 Å². The van der Waals surface area contributed by atoms with Crippen molar-refractivity contribution in [2.24, 2.45) is 16.8 Å². The molecule has 0 radical (unpaired) electrons. The first-order chi connectivity index (χ1) is 13.8. The van der Waals surface area contributed by atoms with Crippen LogP contribution in [0.15, 0.2) is 4.99 Å². The summed E-state index contributed by atoms with van der Waals surface area (Å²) in [5, 5.41) is 3.47. The fourth-order valence-electron chi connectivity index (χ4n) is 3.54. The number of halogens is 1. The number of aliphatic imine (C=N–C) groups is 1. The summed E-state index contributed by atoms with van der Waals surface area (Å²) in [5.74, 6) is 2.31. The van der Waals surface area contributed by atoms with Crippen LogP contribution in [0.1, 0.15) is 59.8 Å². The van der Waals surface area contributed by atoms with E-state index in [0.29, 0.717) is 12.5 Å². The normalized spacial score (nSPS) is 18.0. The summed E-state index contributed by atoms with van der Waals surface area (Å²) in [6.07, 6.45) is 5.60. The van der Waals surface area contributed by atoms with Gasteiger partial charge in [-0.2, -0.15) is 0 Å². The third kappa shape index (κ3) is 10.5. The van der Waals surface area contributed by atoms with Gasteiger partial charge in [0.1, 0.15) is 5.60 Å². The summed E-state index contributed by atoms with van der Waals surface area (Å²) < 4.78 is 11.2. The molecule has 2 fully saturated rings. The fraction of sp³-hybridized carbons (Fsp3) is 0.909. The predicted molar refractivity (Wildman–Crippen MR) is 133 cm³/mol. The maximum atomic E-state index is 12.4. The van der Waals surface area contributed by atoms with Gasteiger partial charge in [0.05, 0.1) is 0 Å². The topological polar surface area (TPSA) is 66.4 Å². The molecule has 2 aliphatic rings. The molecule has 0 aromatic heterocycles. The number of hydrogen-bond acceptors (Lipinski definition) is 4. The van der Waals surface area contributed by atoms with Crippen molar-refractivity contribution in [2.75, 3.05) is 53.0 Å². The molecule has 8 heteroatoms. The van der Waals surface area contributed by atoms with Gasteiger partial charge in [0.25, 0.3) is 0 Å². The van der Waals surface area contributed by atoms with Gasteiger partial charge in [0.2, 0.25) is 0 Å². The lowest BCUT2D eigenvalue weighted by atomic mass is 9.96. The van der Waals surface area contributed by atoms with Crippen LogP contribution in [0, 0.1) is 11.8 Å². The standard InChI is InChI=1S/C22H42N4O3.HI/c1-6-25(21(27)29-22(2,3)4)16-18-10-13-26(14-11-18)20(23-5)24-12-7-15-28-17-19-8-9-19;/h18-19H,6-17H2,1-5H3,(H,23,24);1H. The van der Waals surface area contributed by atoms with Crippen LogP contribution in [-0.2, 0) is 9.47 Å². The number of carbonyl (C=O) groups excluding carboxylic acids is 1. The van der Waals surface area contributed by atoms with E-state index in [0.717, 1.165) is 70.5 Å². The zero-order valence-electron chi connectivity index (χ0n) is 19.6. The molecular weight excluding hydrogens is 495 g/mol. The second-order valence-electron chi connectivity index (χ2n) is 9.30. The fourth-order valence-corrected chi connectivity index (χ4v) is 3.54. The molecule has 0 bridgehead atoms. The van der Waals surface area contributed by atoms with Gasteiger partial charge in [-0.05, 0) is 71.6 Å². The van der Waals surface area contributed by atoms with Crippen LogP contribution in [0.2, 0.25) is 0 Å². The second-order valence-corrected chi connectivity index (χ2v) is 9.30. The van der Waals surface area contributed by atoms with Crippen molar-refractivity contribution in [1.29, 1.82) is 0 Å². The van der Waals surface area contributed by atoms with E-state index in [-0.39, 0.29) is 30.1 Å². The number of piperidine rings is 1. The molecule has 176 valence electrons. The molecule has 0 aromatic rings. The van der Waals surface area contributed by atoms with Gasteiger partial charge in [-0.3, -0.25) is 4.99 Å². The first-order valence-corrected chi connectivity index (χ1v) is 11.3. The van der Waals surface area contributed by atoms with Gasteiger partial charge in [-0.1, -0.05) is 0 Å². The lowest BCUT2D eigenvalue weighted by molar-refractivity contribution is 0.0214. The summed E-state index contributed by atoms with van der Waals surface area (Å²) in [6.45, 7) is 13.8. The van der Waals surface area contributed by atoms with E-state index in [9.17, 15) is 4.79 Å². The number of rotatable bonds is 9. The van der Waals surface area contributed by atoms with E-state index in [2.05, 4.69) is 15.2 Å². The first-order valence-electron chi connectivity index (χ1n) is 11.3. The van der Waals surface area contributed by atoms with Crippen molar-refractivity contribution < 1.29 is 14.3 Å². The number of nitrogens with zero attached hydrogens (tertiary/aromatic N) is 3. The van der Waals surface area contributed by atoms with E-state index in [1.165, 1.54) is 12.8 Å². The number of ether oxygens (including phenoxy) is 2. The molecule has 0 unspecified atom stereocenters. The molecule has 2 rings (SSSR count). The average molecular weight is 539 g/mol. The molecular formula is C22H43IN4O3. The highest BCUT2D eigenvalue weighted by Crippen LogP contribution is 2.28. The van der Waals surface area contributed by atoms with E-state index in [1.54, 1.807) is 0 Å². The summed E-state index contributed by atoms with van der Waals surface area (Å²) in [5.41, 5.74) is -0.449. The third-order valence-corrected chi connectivity index (χ3v) is 5.44. The van der Waals surface area contributed by atoms with Crippen molar-refractivity contribution in [3.63, 3.8) is 0 Å². The first kappa shape index (κ1) is 27.3. The Kier molecular flexibility index (Phi) is 12.4. The van der Waals surface area contributed by atoms with Gasteiger partial charge in [-0.15, -0.1) is 24.0 Å².